The maximum absolute atomic E-state index is 14.6. The van der Waals surface area contributed by atoms with Gasteiger partial charge in [0.05, 0.1) is 18.2 Å². The lowest BCUT2D eigenvalue weighted by atomic mass is 9.55. The number of allylic oxidation sites excluding steroid dienone is 1. The van der Waals surface area contributed by atoms with Crippen molar-refractivity contribution < 1.29 is 34.1 Å². The van der Waals surface area contributed by atoms with Gasteiger partial charge in [0.1, 0.15) is 31.3 Å². The van der Waals surface area contributed by atoms with Gasteiger partial charge in [0.25, 0.3) is 5.91 Å². The fraction of sp³-hybridized carbons (Fsp3) is 0.500. The number of benzene rings is 3. The molecule has 10 nitrogen and oxygen atoms in total. The highest BCUT2D eigenvalue weighted by molar-refractivity contribution is 6.04. The Kier molecular flexibility index (Phi) is 12.0. The second-order valence-electron chi connectivity index (χ2n) is 15.1. The number of fused-ring (bicyclic) bond motifs is 3. The fourth-order valence-corrected chi connectivity index (χ4v) is 9.18. The van der Waals surface area contributed by atoms with Crippen molar-refractivity contribution in [3.8, 4) is 11.5 Å². The third-order valence-corrected chi connectivity index (χ3v) is 11.8. The lowest BCUT2D eigenvalue weighted by Gasteiger charge is -2.59. The largest absolute Gasteiger partial charge is 0.492 e. The first-order chi connectivity index (χ1) is 26.4. The molecule has 6 atom stereocenters. The standard InChI is InChI=1S/C44H55N3O7/c1-4-24-53-44-40(46(2)43(50)33-16-15-30-11-5-6-12-31(30)26-33)29-38(45-51-3)36-27-32(13-7-9-22-48)35(14-8-10-23-49)41(42(36)44)37-28-34(17-18-39(37)54-44)52-25-21-47-19-20-47/h4-6,11-12,15-18,26-28,32,35,40-42,48-49H,1,7-10,13-14,19-25,29H2,2-3H3. The average molecular weight is 738 g/mol. The molecule has 7 rings (SSSR count). The Morgan fingerprint density at radius 2 is 1.81 bits per heavy atom. The molecular formula is C44H55N3O7. The van der Waals surface area contributed by atoms with Crippen LogP contribution in [0.3, 0.4) is 0 Å². The number of oxime groups is 1. The number of aliphatic hydroxyl groups is 2. The van der Waals surface area contributed by atoms with Gasteiger partial charge in [0.2, 0.25) is 5.79 Å². The van der Waals surface area contributed by atoms with E-state index in [1.165, 1.54) is 0 Å². The van der Waals surface area contributed by atoms with Gasteiger partial charge in [-0.05, 0) is 84.2 Å². The molecule has 54 heavy (non-hydrogen) atoms. The Labute approximate surface area is 319 Å². The lowest BCUT2D eigenvalue weighted by molar-refractivity contribution is -0.252. The molecular weight excluding hydrogens is 682 g/mol. The molecule has 2 aliphatic carbocycles. The molecule has 0 aromatic heterocycles. The van der Waals surface area contributed by atoms with E-state index in [0.717, 1.165) is 85.1 Å². The second kappa shape index (κ2) is 17.1. The fourth-order valence-electron chi connectivity index (χ4n) is 9.18. The molecule has 288 valence electrons. The number of carbonyl (C=O) groups excluding carboxylic acids is 1. The molecule has 2 N–H and O–H groups in total. The predicted molar refractivity (Wildman–Crippen MR) is 210 cm³/mol. The monoisotopic (exact) mass is 737 g/mol. The Morgan fingerprint density at radius 3 is 2.56 bits per heavy atom. The third-order valence-electron chi connectivity index (χ3n) is 11.8. The molecule has 6 unspecified atom stereocenters. The van der Waals surface area contributed by atoms with E-state index in [2.05, 4.69) is 28.8 Å². The van der Waals surface area contributed by atoms with E-state index in [1.807, 2.05) is 61.6 Å². The van der Waals surface area contributed by atoms with E-state index >= 15 is 0 Å². The molecule has 0 bridgehead atoms. The molecule has 1 saturated carbocycles. The van der Waals surface area contributed by atoms with Crippen LogP contribution in [0.4, 0.5) is 0 Å². The summed E-state index contributed by atoms with van der Waals surface area (Å²) in [7, 11) is 3.40. The van der Waals surface area contributed by atoms with Gasteiger partial charge < -0.3 is 34.2 Å². The van der Waals surface area contributed by atoms with E-state index in [-0.39, 0.29) is 49.4 Å². The summed E-state index contributed by atoms with van der Waals surface area (Å²) in [5.41, 5.74) is 3.41. The number of carbonyl (C=O) groups is 1. The van der Waals surface area contributed by atoms with Crippen LogP contribution in [-0.4, -0.2) is 104 Å². The van der Waals surface area contributed by atoms with Crippen molar-refractivity contribution in [3.63, 3.8) is 0 Å². The summed E-state index contributed by atoms with van der Waals surface area (Å²) in [5.74, 6) is -0.0696. The van der Waals surface area contributed by atoms with Gasteiger partial charge in [-0.25, -0.2) is 0 Å². The van der Waals surface area contributed by atoms with Gasteiger partial charge in [-0.3, -0.25) is 9.69 Å². The Morgan fingerprint density at radius 1 is 1.04 bits per heavy atom. The van der Waals surface area contributed by atoms with Crippen LogP contribution in [0.15, 0.2) is 90.1 Å². The van der Waals surface area contributed by atoms with Crippen LogP contribution in [0.2, 0.25) is 0 Å². The minimum atomic E-state index is -1.29. The Bertz CT molecular complexity index is 1860. The maximum atomic E-state index is 14.6. The first kappa shape index (κ1) is 38.1. The van der Waals surface area contributed by atoms with Crippen molar-refractivity contribution in [2.75, 3.05) is 60.2 Å². The van der Waals surface area contributed by atoms with E-state index in [1.54, 1.807) is 18.1 Å². The van der Waals surface area contributed by atoms with Crippen LogP contribution in [0.1, 0.15) is 66.8 Å². The zero-order valence-corrected chi connectivity index (χ0v) is 31.7. The van der Waals surface area contributed by atoms with Gasteiger partial charge in [0, 0.05) is 63.4 Å². The third kappa shape index (κ3) is 7.67. The molecule has 0 spiro atoms. The Balaban J connectivity index is 1.38. The molecule has 2 fully saturated rings. The summed E-state index contributed by atoms with van der Waals surface area (Å²) in [4.78, 5) is 24.3. The summed E-state index contributed by atoms with van der Waals surface area (Å²) in [6, 6.07) is 19.4. The molecule has 10 heteroatoms. The topological polar surface area (TPSA) is 113 Å². The first-order valence-electron chi connectivity index (χ1n) is 19.6. The molecule has 4 aliphatic rings. The number of likely N-dealkylation sites (N-methyl/N-ethyl adjacent to an activating group) is 1. The summed E-state index contributed by atoms with van der Waals surface area (Å²) in [6.45, 7) is 8.22. The molecule has 1 saturated heterocycles. The smallest absolute Gasteiger partial charge is 0.254 e. The molecule has 2 heterocycles. The Hall–Kier alpha value is -4.22. The SMILES string of the molecule is C=CCOC12Oc3ccc(OCCN4CC4)cc3C3C(CCCCO)C(CCCCO)C=C(C(=NOC)CC1N(C)C(=O)c1ccc4ccccc4c1)C32. The van der Waals surface area contributed by atoms with E-state index < -0.39 is 11.8 Å². The predicted octanol–water partition coefficient (Wildman–Crippen LogP) is 6.57. The van der Waals surface area contributed by atoms with Crippen molar-refractivity contribution in [2.45, 2.75) is 62.7 Å². The van der Waals surface area contributed by atoms with E-state index in [9.17, 15) is 15.0 Å². The number of hydrogen-bond donors (Lipinski definition) is 2. The quantitative estimate of drug-likeness (QED) is 0.0653. The zero-order chi connectivity index (χ0) is 37.7. The van der Waals surface area contributed by atoms with Gasteiger partial charge in [0.15, 0.2) is 0 Å². The zero-order valence-electron chi connectivity index (χ0n) is 31.7. The van der Waals surface area contributed by atoms with Gasteiger partial charge in [-0.2, -0.15) is 0 Å². The van der Waals surface area contributed by atoms with Crippen molar-refractivity contribution in [1.82, 2.24) is 9.80 Å². The first-order valence-corrected chi connectivity index (χ1v) is 19.6. The number of rotatable bonds is 18. The molecule has 0 radical (unpaired) electrons. The number of nitrogens with zero attached hydrogens (tertiary/aromatic N) is 3. The number of amides is 1. The van der Waals surface area contributed by atoms with Gasteiger partial charge in [-0.15, -0.1) is 6.58 Å². The van der Waals surface area contributed by atoms with Crippen LogP contribution in [0.25, 0.3) is 10.8 Å². The van der Waals surface area contributed by atoms with Crippen molar-refractivity contribution >= 4 is 22.4 Å². The maximum Gasteiger partial charge on any atom is 0.254 e. The number of ether oxygens (including phenoxy) is 3. The highest BCUT2D eigenvalue weighted by Gasteiger charge is 2.65. The number of aliphatic hydroxyl groups excluding tert-OH is 2. The van der Waals surface area contributed by atoms with Crippen molar-refractivity contribution in [3.05, 3.63) is 96.1 Å². The number of unbranched alkanes of at least 4 members (excludes halogenated alkanes) is 2. The molecule has 3 aromatic rings. The summed E-state index contributed by atoms with van der Waals surface area (Å²) in [6.07, 6.45) is 9.37. The van der Waals surface area contributed by atoms with Crippen molar-refractivity contribution in [1.29, 1.82) is 0 Å². The normalized spacial score (nSPS) is 26.3. The van der Waals surface area contributed by atoms with E-state index in [0.29, 0.717) is 30.8 Å². The van der Waals surface area contributed by atoms with Crippen LogP contribution in [-0.2, 0) is 9.57 Å². The van der Waals surface area contributed by atoms with Crippen LogP contribution < -0.4 is 9.47 Å². The highest BCUT2D eigenvalue weighted by Crippen LogP contribution is 2.61. The minimum Gasteiger partial charge on any atom is -0.492 e. The van der Waals surface area contributed by atoms with Crippen LogP contribution in [0, 0.1) is 17.8 Å². The summed E-state index contributed by atoms with van der Waals surface area (Å²) in [5, 5.41) is 26.3. The molecule has 1 amide bonds. The minimum absolute atomic E-state index is 0.0962. The summed E-state index contributed by atoms with van der Waals surface area (Å²) >= 11 is 0. The van der Waals surface area contributed by atoms with Gasteiger partial charge >= 0.3 is 0 Å². The van der Waals surface area contributed by atoms with Crippen LogP contribution in [0.5, 0.6) is 11.5 Å². The second-order valence-corrected chi connectivity index (χ2v) is 15.1. The van der Waals surface area contributed by atoms with Crippen molar-refractivity contribution in [2.24, 2.45) is 22.9 Å². The highest BCUT2D eigenvalue weighted by atomic mass is 16.7. The summed E-state index contributed by atoms with van der Waals surface area (Å²) < 4.78 is 20.6. The average Bonchev–Trinajstić information content (AvgIpc) is 4.03. The van der Waals surface area contributed by atoms with Gasteiger partial charge in [-0.1, -0.05) is 60.5 Å². The van der Waals surface area contributed by atoms with Crippen LogP contribution >= 0.6 is 0 Å². The van der Waals surface area contributed by atoms with E-state index in [4.69, 9.17) is 19.0 Å². The molecule has 2 aliphatic heterocycles. The lowest BCUT2D eigenvalue weighted by Crippen LogP contribution is -2.69. The molecule has 3 aromatic carbocycles. The number of hydrogen-bond acceptors (Lipinski definition) is 9.